The van der Waals surface area contributed by atoms with Crippen molar-refractivity contribution in [3.63, 3.8) is 0 Å². The number of anilines is 1. The van der Waals surface area contributed by atoms with Crippen LogP contribution in [0.5, 0.6) is 0 Å². The van der Waals surface area contributed by atoms with Crippen LogP contribution in [0.25, 0.3) is 0 Å². The third-order valence-electron chi connectivity index (χ3n) is 3.18. The summed E-state index contributed by atoms with van der Waals surface area (Å²) in [5, 5.41) is 11.4. The molecule has 1 heterocycles. The molecule has 0 radical (unpaired) electrons. The molecule has 0 saturated heterocycles. The lowest BCUT2D eigenvalue weighted by Crippen LogP contribution is -2.41. The Labute approximate surface area is 128 Å². The number of amides is 1. The molecule has 23 heavy (non-hydrogen) atoms. The largest absolute Gasteiger partial charge is 0.416 e. The Kier molecular flexibility index (Phi) is 4.22. The van der Waals surface area contributed by atoms with Gasteiger partial charge in [0.05, 0.1) is 17.3 Å². The summed E-state index contributed by atoms with van der Waals surface area (Å²) in [6.07, 6.45) is -3.01. The van der Waals surface area contributed by atoms with Gasteiger partial charge in [0, 0.05) is 11.9 Å². The van der Waals surface area contributed by atoms with Crippen LogP contribution in [0.2, 0.25) is 0 Å². The highest BCUT2D eigenvalue weighted by Crippen LogP contribution is 2.31. The zero-order chi connectivity index (χ0) is 17.1. The van der Waals surface area contributed by atoms with Crippen molar-refractivity contribution in [3.8, 4) is 6.07 Å². The van der Waals surface area contributed by atoms with Gasteiger partial charge in [-0.05, 0) is 30.3 Å². The van der Waals surface area contributed by atoms with Gasteiger partial charge in [-0.3, -0.25) is 4.79 Å². The van der Waals surface area contributed by atoms with E-state index < -0.39 is 23.1 Å². The van der Waals surface area contributed by atoms with Crippen LogP contribution in [0.15, 0.2) is 42.6 Å². The zero-order valence-corrected chi connectivity index (χ0v) is 11.5. The van der Waals surface area contributed by atoms with Gasteiger partial charge < -0.3 is 15.1 Å². The molecule has 1 aromatic carbocycles. The van der Waals surface area contributed by atoms with Crippen LogP contribution in [-0.4, -0.2) is 17.2 Å². The highest BCUT2D eigenvalue weighted by Gasteiger charge is 2.42. The first-order chi connectivity index (χ1) is 10.8. The fourth-order valence-corrected chi connectivity index (χ4v) is 1.96. The van der Waals surface area contributed by atoms with Crippen molar-refractivity contribution < 1.29 is 22.8 Å². The van der Waals surface area contributed by atoms with E-state index in [0.29, 0.717) is 0 Å². The summed E-state index contributed by atoms with van der Waals surface area (Å²) in [5.41, 5.74) is -3.27. The summed E-state index contributed by atoms with van der Waals surface area (Å²) in [4.78, 5) is 26.2. The summed E-state index contributed by atoms with van der Waals surface area (Å²) in [6, 6.07) is 8.36. The van der Waals surface area contributed by atoms with E-state index in [2.05, 4.69) is 10.3 Å². The third-order valence-corrected chi connectivity index (χ3v) is 3.18. The standard InChI is InChI=1S/C15H10F3N3O2/c16-15(17,18)10-3-1-4-11(7-10)21-13(23)14(8-19,9-22)12-5-2-6-20-12/h1-7,9,20H,(H,21,23). The number of nitrogens with one attached hydrogen (secondary N) is 2. The topological polar surface area (TPSA) is 85.8 Å². The molecule has 5 nitrogen and oxygen atoms in total. The number of halogens is 3. The number of nitriles is 1. The summed E-state index contributed by atoms with van der Waals surface area (Å²) in [7, 11) is 0. The third kappa shape index (κ3) is 3.08. The molecule has 1 amide bonds. The van der Waals surface area contributed by atoms with Crippen LogP contribution < -0.4 is 5.32 Å². The Morgan fingerprint density at radius 3 is 2.52 bits per heavy atom. The molecular formula is C15H10F3N3O2. The van der Waals surface area contributed by atoms with Crippen molar-refractivity contribution in [2.45, 2.75) is 11.6 Å². The first-order valence-corrected chi connectivity index (χ1v) is 6.33. The molecule has 0 aliphatic heterocycles. The van der Waals surface area contributed by atoms with Crippen molar-refractivity contribution in [1.29, 1.82) is 5.26 Å². The normalized spacial score (nSPS) is 13.7. The average Bonchev–Trinajstić information content (AvgIpc) is 3.03. The number of aldehydes is 1. The fraction of sp³-hybridized carbons (Fsp3) is 0.133. The van der Waals surface area contributed by atoms with Gasteiger partial charge in [-0.1, -0.05) is 6.07 Å². The van der Waals surface area contributed by atoms with Gasteiger partial charge in [-0.25, -0.2) is 0 Å². The monoisotopic (exact) mass is 321 g/mol. The van der Waals surface area contributed by atoms with Crippen LogP contribution in [0.4, 0.5) is 18.9 Å². The molecule has 0 aliphatic carbocycles. The van der Waals surface area contributed by atoms with Crippen molar-refractivity contribution in [1.82, 2.24) is 4.98 Å². The Morgan fingerprint density at radius 1 is 1.26 bits per heavy atom. The molecule has 1 aromatic heterocycles. The molecule has 0 fully saturated rings. The van der Waals surface area contributed by atoms with Gasteiger partial charge in [-0.15, -0.1) is 0 Å². The predicted molar refractivity (Wildman–Crippen MR) is 74.2 cm³/mol. The van der Waals surface area contributed by atoms with E-state index in [1.807, 2.05) is 0 Å². The van der Waals surface area contributed by atoms with Crippen molar-refractivity contribution in [2.75, 3.05) is 5.32 Å². The maximum atomic E-state index is 12.7. The second kappa shape index (κ2) is 5.96. The quantitative estimate of drug-likeness (QED) is 0.670. The van der Waals surface area contributed by atoms with Crippen LogP contribution in [0, 0.1) is 11.3 Å². The number of nitrogens with zero attached hydrogens (tertiary/aromatic N) is 1. The minimum atomic E-state index is -4.57. The van der Waals surface area contributed by atoms with E-state index in [1.165, 1.54) is 24.4 Å². The summed E-state index contributed by atoms with van der Waals surface area (Å²) in [6.45, 7) is 0. The first-order valence-electron chi connectivity index (χ1n) is 6.33. The SMILES string of the molecule is N#CC(C=O)(C(=O)Nc1cccc(C(F)(F)F)c1)c1ccc[nH]1. The number of hydrogen-bond acceptors (Lipinski definition) is 3. The number of benzene rings is 1. The number of alkyl halides is 3. The smallest absolute Gasteiger partial charge is 0.363 e. The molecule has 0 bridgehead atoms. The lowest BCUT2D eigenvalue weighted by molar-refractivity contribution is -0.137. The maximum absolute atomic E-state index is 12.7. The molecule has 2 aromatic rings. The summed E-state index contributed by atoms with van der Waals surface area (Å²) >= 11 is 0. The highest BCUT2D eigenvalue weighted by molar-refractivity contribution is 6.12. The van der Waals surface area contributed by atoms with Gasteiger partial charge in [0.2, 0.25) is 5.41 Å². The molecule has 0 aliphatic rings. The summed E-state index contributed by atoms with van der Waals surface area (Å²) < 4.78 is 38.0. The van der Waals surface area contributed by atoms with E-state index in [-0.39, 0.29) is 17.7 Å². The van der Waals surface area contributed by atoms with Crippen LogP contribution in [-0.2, 0) is 21.2 Å². The lowest BCUT2D eigenvalue weighted by Gasteiger charge is -2.18. The van der Waals surface area contributed by atoms with E-state index in [0.717, 1.165) is 18.2 Å². The van der Waals surface area contributed by atoms with E-state index in [1.54, 1.807) is 6.07 Å². The summed E-state index contributed by atoms with van der Waals surface area (Å²) in [5.74, 6) is -1.04. The number of aromatic amines is 1. The minimum Gasteiger partial charge on any atom is -0.363 e. The Bertz CT molecular complexity index is 763. The van der Waals surface area contributed by atoms with E-state index in [9.17, 15) is 28.0 Å². The molecule has 2 rings (SSSR count). The minimum absolute atomic E-state index is 0.0273. The van der Waals surface area contributed by atoms with Crippen LogP contribution in [0.1, 0.15) is 11.3 Å². The van der Waals surface area contributed by atoms with Crippen LogP contribution in [0.3, 0.4) is 0 Å². The van der Waals surface area contributed by atoms with E-state index in [4.69, 9.17) is 0 Å². The molecule has 1 atom stereocenters. The Balaban J connectivity index is 2.34. The van der Waals surface area contributed by atoms with Crippen molar-refractivity contribution in [2.24, 2.45) is 0 Å². The number of carbonyl (C=O) groups excluding carboxylic acids is 2. The number of aromatic nitrogens is 1. The number of hydrogen-bond donors (Lipinski definition) is 2. The van der Waals surface area contributed by atoms with Gasteiger partial charge in [0.1, 0.15) is 0 Å². The van der Waals surface area contributed by atoms with Gasteiger partial charge in [-0.2, -0.15) is 18.4 Å². The average molecular weight is 321 g/mol. The van der Waals surface area contributed by atoms with Crippen molar-refractivity contribution >= 4 is 17.9 Å². The van der Waals surface area contributed by atoms with E-state index >= 15 is 0 Å². The first kappa shape index (κ1) is 16.3. The van der Waals surface area contributed by atoms with Crippen LogP contribution >= 0.6 is 0 Å². The number of H-pyrrole nitrogens is 1. The molecule has 2 N–H and O–H groups in total. The zero-order valence-electron chi connectivity index (χ0n) is 11.5. The highest BCUT2D eigenvalue weighted by atomic mass is 19.4. The second-order valence-corrected chi connectivity index (χ2v) is 4.65. The Hall–Kier alpha value is -3.08. The van der Waals surface area contributed by atoms with Gasteiger partial charge in [0.15, 0.2) is 6.29 Å². The molecule has 1 unspecified atom stereocenters. The number of rotatable bonds is 4. The molecular weight excluding hydrogens is 311 g/mol. The molecule has 0 spiro atoms. The molecule has 8 heteroatoms. The van der Waals surface area contributed by atoms with Gasteiger partial charge in [0.25, 0.3) is 5.91 Å². The second-order valence-electron chi connectivity index (χ2n) is 4.65. The van der Waals surface area contributed by atoms with Gasteiger partial charge >= 0.3 is 6.18 Å². The fourth-order valence-electron chi connectivity index (χ4n) is 1.96. The Morgan fingerprint density at radius 2 is 2.00 bits per heavy atom. The number of carbonyl (C=O) groups is 2. The predicted octanol–water partition coefficient (Wildman–Crippen LogP) is 2.63. The maximum Gasteiger partial charge on any atom is 0.416 e. The molecule has 118 valence electrons. The van der Waals surface area contributed by atoms with Crippen molar-refractivity contribution in [3.05, 3.63) is 53.9 Å². The lowest BCUT2D eigenvalue weighted by atomic mass is 9.86. The molecule has 0 saturated carbocycles.